The summed E-state index contributed by atoms with van der Waals surface area (Å²) in [5, 5.41) is 3.31. The van der Waals surface area contributed by atoms with Crippen LogP contribution < -0.4 is 10.2 Å². The van der Waals surface area contributed by atoms with E-state index in [1.807, 2.05) is 19.9 Å². The lowest BCUT2D eigenvalue weighted by atomic mass is 10.1. The molecule has 2 rings (SSSR count). The van der Waals surface area contributed by atoms with Gasteiger partial charge in [0.05, 0.1) is 18.2 Å². The second kappa shape index (κ2) is 8.11. The smallest absolute Gasteiger partial charge is 0.341 e. The zero-order valence-corrected chi connectivity index (χ0v) is 16.0. The number of aryl methyl sites for hydroxylation is 1. The number of pyridine rings is 1. The van der Waals surface area contributed by atoms with E-state index in [1.54, 1.807) is 12.3 Å². The predicted molar refractivity (Wildman–Crippen MR) is 101 cm³/mol. The first-order chi connectivity index (χ1) is 11.9. The van der Waals surface area contributed by atoms with E-state index in [0.29, 0.717) is 16.1 Å². The Bertz CT molecular complexity index is 765. The van der Waals surface area contributed by atoms with E-state index in [1.165, 1.54) is 18.4 Å². The molecular weight excluding hydrogens is 338 g/mol. The number of methoxy groups -OCH3 is 1. The molecule has 0 saturated heterocycles. The Hall–Kier alpha value is -2.41. The molecule has 0 aliphatic rings. The van der Waals surface area contributed by atoms with Crippen LogP contribution in [0.15, 0.2) is 18.3 Å². The number of hydrogen-bond acceptors (Lipinski definition) is 6. The van der Waals surface area contributed by atoms with E-state index < -0.39 is 5.97 Å². The van der Waals surface area contributed by atoms with Crippen molar-refractivity contribution in [3.05, 3.63) is 39.9 Å². The third kappa shape index (κ3) is 3.99. The molecule has 0 aliphatic heterocycles. The standard InChI is InChI=1S/C18H23N3O3S/c1-6-21(7-2)14-9-8-13(10-19-14)16(22)20-17-15(18(23)24-5)11(3)12(4)25-17/h8-10H,6-7H2,1-5H3,(H,20,22). The van der Waals surface area contributed by atoms with E-state index >= 15 is 0 Å². The van der Waals surface area contributed by atoms with Crippen molar-refractivity contribution in [1.82, 2.24) is 4.98 Å². The lowest BCUT2D eigenvalue weighted by Crippen LogP contribution is -2.23. The summed E-state index contributed by atoms with van der Waals surface area (Å²) in [5.74, 6) is 0.0803. The molecule has 2 heterocycles. The molecule has 0 bridgehead atoms. The molecule has 6 nitrogen and oxygen atoms in total. The van der Waals surface area contributed by atoms with E-state index in [0.717, 1.165) is 29.3 Å². The minimum Gasteiger partial charge on any atom is -0.465 e. The first-order valence-electron chi connectivity index (χ1n) is 8.13. The molecule has 25 heavy (non-hydrogen) atoms. The summed E-state index contributed by atoms with van der Waals surface area (Å²) in [5.41, 5.74) is 1.67. The molecule has 2 aromatic rings. The Balaban J connectivity index is 2.23. The lowest BCUT2D eigenvalue weighted by Gasteiger charge is -2.19. The first kappa shape index (κ1) is 18.9. The van der Waals surface area contributed by atoms with E-state index in [4.69, 9.17) is 4.74 Å². The van der Waals surface area contributed by atoms with Gasteiger partial charge in [0.1, 0.15) is 10.8 Å². The molecule has 2 aromatic heterocycles. The van der Waals surface area contributed by atoms with Crippen molar-refractivity contribution in [2.75, 3.05) is 30.4 Å². The SMILES string of the molecule is CCN(CC)c1ccc(C(=O)Nc2sc(C)c(C)c2C(=O)OC)cn1. The summed E-state index contributed by atoms with van der Waals surface area (Å²) >= 11 is 1.36. The molecule has 1 N–H and O–H groups in total. The monoisotopic (exact) mass is 361 g/mol. The quantitative estimate of drug-likeness (QED) is 0.795. The number of amides is 1. The summed E-state index contributed by atoms with van der Waals surface area (Å²) in [6, 6.07) is 3.56. The highest BCUT2D eigenvalue weighted by Crippen LogP contribution is 2.33. The molecular formula is C18H23N3O3S. The third-order valence-corrected chi connectivity index (χ3v) is 5.22. The van der Waals surface area contributed by atoms with Gasteiger partial charge in [0.25, 0.3) is 5.91 Å². The predicted octanol–water partition coefficient (Wildman–Crippen LogP) is 3.65. The molecule has 0 fully saturated rings. The number of nitrogens with zero attached hydrogens (tertiary/aromatic N) is 2. The van der Waals surface area contributed by atoms with Crippen molar-refractivity contribution in [3.8, 4) is 0 Å². The van der Waals surface area contributed by atoms with Crippen molar-refractivity contribution < 1.29 is 14.3 Å². The van der Waals surface area contributed by atoms with Gasteiger partial charge in [-0.25, -0.2) is 9.78 Å². The number of thiophene rings is 1. The highest BCUT2D eigenvalue weighted by atomic mass is 32.1. The first-order valence-corrected chi connectivity index (χ1v) is 8.95. The maximum atomic E-state index is 12.5. The lowest BCUT2D eigenvalue weighted by molar-refractivity contribution is 0.0601. The maximum absolute atomic E-state index is 12.5. The molecule has 0 unspecified atom stereocenters. The Morgan fingerprint density at radius 1 is 1.24 bits per heavy atom. The summed E-state index contributed by atoms with van der Waals surface area (Å²) in [6.07, 6.45) is 1.55. The van der Waals surface area contributed by atoms with Crippen LogP contribution in [0, 0.1) is 13.8 Å². The summed E-state index contributed by atoms with van der Waals surface area (Å²) in [7, 11) is 1.33. The summed E-state index contributed by atoms with van der Waals surface area (Å²) in [4.78, 5) is 31.9. The van der Waals surface area contributed by atoms with Gasteiger partial charge in [0.2, 0.25) is 0 Å². The number of carbonyl (C=O) groups is 2. The zero-order chi connectivity index (χ0) is 18.6. The van der Waals surface area contributed by atoms with E-state index in [9.17, 15) is 9.59 Å². The Morgan fingerprint density at radius 2 is 1.92 bits per heavy atom. The van der Waals surface area contributed by atoms with Gasteiger partial charge in [-0.15, -0.1) is 11.3 Å². The van der Waals surface area contributed by atoms with Crippen molar-refractivity contribution in [2.45, 2.75) is 27.7 Å². The third-order valence-electron chi connectivity index (χ3n) is 4.10. The second-order valence-electron chi connectivity index (χ2n) is 5.51. The molecule has 0 atom stereocenters. The van der Waals surface area contributed by atoms with Gasteiger partial charge in [0, 0.05) is 24.2 Å². The number of nitrogens with one attached hydrogen (secondary N) is 1. The molecule has 134 valence electrons. The Labute approximate surface area is 151 Å². The summed E-state index contributed by atoms with van der Waals surface area (Å²) in [6.45, 7) is 9.57. The van der Waals surface area contributed by atoms with Crippen LogP contribution in [0.25, 0.3) is 0 Å². The highest BCUT2D eigenvalue weighted by molar-refractivity contribution is 7.16. The zero-order valence-electron chi connectivity index (χ0n) is 15.2. The number of hydrogen-bond donors (Lipinski definition) is 1. The number of ether oxygens (including phenoxy) is 1. The average molecular weight is 361 g/mol. The number of carbonyl (C=O) groups excluding carboxylic acids is 2. The largest absolute Gasteiger partial charge is 0.465 e. The molecule has 0 aromatic carbocycles. The van der Waals surface area contributed by atoms with Gasteiger partial charge < -0.3 is 15.0 Å². The minimum atomic E-state index is -0.452. The van der Waals surface area contributed by atoms with Gasteiger partial charge in [-0.3, -0.25) is 4.79 Å². The van der Waals surface area contributed by atoms with Gasteiger partial charge >= 0.3 is 5.97 Å². The van der Waals surface area contributed by atoms with Crippen molar-refractivity contribution in [3.63, 3.8) is 0 Å². The molecule has 0 spiro atoms. The number of esters is 1. The van der Waals surface area contributed by atoms with Crippen LogP contribution >= 0.6 is 11.3 Å². The minimum absolute atomic E-state index is 0.301. The Morgan fingerprint density at radius 3 is 2.44 bits per heavy atom. The van der Waals surface area contributed by atoms with Crippen LogP contribution in [-0.4, -0.2) is 37.1 Å². The summed E-state index contributed by atoms with van der Waals surface area (Å²) < 4.78 is 4.82. The molecule has 0 radical (unpaired) electrons. The normalized spacial score (nSPS) is 10.4. The van der Waals surface area contributed by atoms with Crippen molar-refractivity contribution in [2.24, 2.45) is 0 Å². The van der Waals surface area contributed by atoms with Crippen LogP contribution in [0.5, 0.6) is 0 Å². The maximum Gasteiger partial charge on any atom is 0.341 e. The average Bonchev–Trinajstić information content (AvgIpc) is 2.89. The fraction of sp³-hybridized carbons (Fsp3) is 0.389. The van der Waals surface area contributed by atoms with E-state index in [2.05, 4.69) is 29.0 Å². The van der Waals surface area contributed by atoms with Crippen molar-refractivity contribution in [1.29, 1.82) is 0 Å². The van der Waals surface area contributed by atoms with Crippen LogP contribution in [0.1, 0.15) is 45.0 Å². The number of rotatable bonds is 6. The highest BCUT2D eigenvalue weighted by Gasteiger charge is 2.22. The topological polar surface area (TPSA) is 71.5 Å². The molecule has 7 heteroatoms. The van der Waals surface area contributed by atoms with E-state index in [-0.39, 0.29) is 5.91 Å². The van der Waals surface area contributed by atoms with Gasteiger partial charge in [-0.2, -0.15) is 0 Å². The van der Waals surface area contributed by atoms with Gasteiger partial charge in [-0.1, -0.05) is 0 Å². The van der Waals surface area contributed by atoms with Crippen LogP contribution in [0.2, 0.25) is 0 Å². The second-order valence-corrected chi connectivity index (χ2v) is 6.74. The van der Waals surface area contributed by atoms with Crippen LogP contribution in [-0.2, 0) is 4.74 Å². The van der Waals surface area contributed by atoms with Crippen LogP contribution in [0.4, 0.5) is 10.8 Å². The molecule has 0 saturated carbocycles. The molecule has 0 aliphatic carbocycles. The van der Waals surface area contributed by atoms with Crippen molar-refractivity contribution >= 4 is 34.0 Å². The molecule has 1 amide bonds. The number of aromatic nitrogens is 1. The van der Waals surface area contributed by atoms with Gasteiger partial charge in [0.15, 0.2) is 0 Å². The fourth-order valence-corrected chi connectivity index (χ4v) is 3.54. The Kier molecular flexibility index (Phi) is 6.14. The fourth-order valence-electron chi connectivity index (χ4n) is 2.49. The van der Waals surface area contributed by atoms with Gasteiger partial charge in [-0.05, 0) is 45.4 Å². The number of anilines is 2. The van der Waals surface area contributed by atoms with Crippen LogP contribution in [0.3, 0.4) is 0 Å².